The van der Waals surface area contributed by atoms with E-state index in [9.17, 15) is 9.59 Å². The zero-order chi connectivity index (χ0) is 19.3. The Morgan fingerprint density at radius 1 is 0.958 bits per heavy atom. The van der Waals surface area contributed by atoms with Gasteiger partial charge in [0.2, 0.25) is 0 Å². The van der Waals surface area contributed by atoms with Gasteiger partial charge in [-0.05, 0) is 48.6 Å². The predicted molar refractivity (Wildman–Crippen MR) is 96.7 cm³/mol. The molecule has 1 fully saturated rings. The average molecular weight is 339 g/mol. The van der Waals surface area contributed by atoms with Crippen LogP contribution in [0.5, 0.6) is 0 Å². The molecule has 0 atom stereocenters. The van der Waals surface area contributed by atoms with Gasteiger partial charge in [0.1, 0.15) is 6.10 Å². The van der Waals surface area contributed by atoms with Gasteiger partial charge in [0.25, 0.3) is 0 Å². The van der Waals surface area contributed by atoms with Gasteiger partial charge in [-0.3, -0.25) is 4.90 Å². The second kappa shape index (κ2) is 8.47. The fourth-order valence-corrected chi connectivity index (χ4v) is 2.79. The van der Waals surface area contributed by atoms with Gasteiger partial charge >= 0.3 is 11.9 Å². The lowest BCUT2D eigenvalue weighted by atomic mass is 9.79. The smallest absolute Gasteiger partial charge is 0.333 e. The van der Waals surface area contributed by atoms with Crippen molar-refractivity contribution >= 4 is 11.9 Å². The molecule has 1 aliphatic heterocycles. The van der Waals surface area contributed by atoms with E-state index in [1.54, 1.807) is 13.8 Å². The molecule has 0 amide bonds. The molecule has 0 spiro atoms. The summed E-state index contributed by atoms with van der Waals surface area (Å²) in [4.78, 5) is 24.1. The van der Waals surface area contributed by atoms with Crippen LogP contribution >= 0.6 is 0 Å². The Hall–Kier alpha value is -1.62. The van der Waals surface area contributed by atoms with Crippen molar-refractivity contribution in [1.82, 2.24) is 4.90 Å². The summed E-state index contributed by atoms with van der Waals surface area (Å²) in [5, 5.41) is 0. The van der Waals surface area contributed by atoms with E-state index in [0.29, 0.717) is 11.1 Å². The maximum atomic E-state index is 11.6. The first-order valence-electron chi connectivity index (χ1n) is 8.09. The van der Waals surface area contributed by atoms with E-state index in [4.69, 9.17) is 4.74 Å². The molecule has 24 heavy (non-hydrogen) atoms. The Kier molecular flexibility index (Phi) is 7.90. The van der Waals surface area contributed by atoms with Gasteiger partial charge in [-0.25, -0.2) is 9.59 Å². The number of piperidine rings is 1. The highest BCUT2D eigenvalue weighted by Gasteiger charge is 2.44. The lowest BCUT2D eigenvalue weighted by molar-refractivity contribution is -0.154. The van der Waals surface area contributed by atoms with Crippen molar-refractivity contribution in [2.24, 2.45) is 0 Å². The van der Waals surface area contributed by atoms with E-state index >= 15 is 0 Å². The number of carbonyl (C=O) groups is 2. The number of ether oxygens (including phenoxy) is 2. The molecule has 0 saturated carbocycles. The number of hydrogen-bond donors (Lipinski definition) is 0. The van der Waals surface area contributed by atoms with Crippen LogP contribution in [0.15, 0.2) is 24.3 Å². The molecule has 0 aliphatic carbocycles. The fourth-order valence-electron chi connectivity index (χ4n) is 2.79. The maximum Gasteiger partial charge on any atom is 0.333 e. The SMILES string of the molecule is C=C(C)C(=O)OC.C=C(C)C(=O)OC1CC(C)(C)N(C)C(C)(C)C1. The summed E-state index contributed by atoms with van der Waals surface area (Å²) in [6, 6.07) is 0. The Bertz CT molecular complexity index is 487. The van der Waals surface area contributed by atoms with Crippen molar-refractivity contribution < 1.29 is 19.1 Å². The standard InChI is InChI=1S/C14H25NO2.C5H8O2/c1-10(2)12(16)17-11-8-13(3,4)15(7)14(5,6)9-11;1-4(2)5(6)7-3/h11H,1,8-9H2,2-7H3;1H2,2-3H3. The third kappa shape index (κ3) is 6.48. The van der Waals surface area contributed by atoms with E-state index < -0.39 is 0 Å². The lowest BCUT2D eigenvalue weighted by Crippen LogP contribution is -2.60. The molecule has 0 bridgehead atoms. The summed E-state index contributed by atoms with van der Waals surface area (Å²) in [5.74, 6) is -0.619. The van der Waals surface area contributed by atoms with Crippen LogP contribution in [0.2, 0.25) is 0 Å². The quantitative estimate of drug-likeness (QED) is 0.582. The first-order chi connectivity index (χ1) is 10.7. The van der Waals surface area contributed by atoms with Crippen LogP contribution in [0, 0.1) is 0 Å². The molecule has 1 aliphatic rings. The van der Waals surface area contributed by atoms with Crippen LogP contribution in [-0.2, 0) is 19.1 Å². The van der Waals surface area contributed by atoms with Crippen molar-refractivity contribution in [3.63, 3.8) is 0 Å². The zero-order valence-corrected chi connectivity index (χ0v) is 16.5. The minimum atomic E-state index is -0.347. The van der Waals surface area contributed by atoms with Gasteiger partial charge in [0.05, 0.1) is 7.11 Å². The van der Waals surface area contributed by atoms with Gasteiger partial charge in [-0.2, -0.15) is 0 Å². The maximum absolute atomic E-state index is 11.6. The monoisotopic (exact) mass is 339 g/mol. The number of methoxy groups -OCH3 is 1. The number of esters is 2. The largest absolute Gasteiger partial charge is 0.466 e. The Morgan fingerprint density at radius 3 is 1.58 bits per heavy atom. The molecule has 0 N–H and O–H groups in total. The summed E-state index contributed by atoms with van der Waals surface area (Å²) < 4.78 is 9.78. The molecular weight excluding hydrogens is 306 g/mol. The third-order valence-electron chi connectivity index (χ3n) is 4.43. The fraction of sp³-hybridized carbons (Fsp3) is 0.684. The number of hydrogen-bond acceptors (Lipinski definition) is 5. The number of carbonyl (C=O) groups excluding carboxylic acids is 2. The molecular formula is C19H33NO4. The molecule has 0 aromatic rings. The van der Waals surface area contributed by atoms with Crippen molar-refractivity contribution in [2.45, 2.75) is 71.6 Å². The summed E-state index contributed by atoms with van der Waals surface area (Å²) in [6.45, 7) is 19.0. The Balaban J connectivity index is 0.000000640. The molecule has 0 aromatic heterocycles. The normalized spacial score (nSPS) is 19.5. The van der Waals surface area contributed by atoms with Crippen LogP contribution in [0.4, 0.5) is 0 Å². The molecule has 0 aromatic carbocycles. The van der Waals surface area contributed by atoms with Gasteiger partial charge in [-0.15, -0.1) is 0 Å². The van der Waals surface area contributed by atoms with Crippen LogP contribution in [-0.4, -0.2) is 48.2 Å². The van der Waals surface area contributed by atoms with E-state index in [2.05, 4.69) is 57.5 Å². The minimum Gasteiger partial charge on any atom is -0.466 e. The van der Waals surface area contributed by atoms with Crippen molar-refractivity contribution in [3.8, 4) is 0 Å². The average Bonchev–Trinajstić information content (AvgIpc) is 2.43. The first kappa shape index (κ1) is 22.4. The van der Waals surface area contributed by atoms with Crippen LogP contribution in [0.25, 0.3) is 0 Å². The van der Waals surface area contributed by atoms with Crippen molar-refractivity contribution in [2.75, 3.05) is 14.2 Å². The molecule has 0 radical (unpaired) electrons. The van der Waals surface area contributed by atoms with Crippen LogP contribution in [0.3, 0.4) is 0 Å². The molecule has 138 valence electrons. The summed E-state index contributed by atoms with van der Waals surface area (Å²) >= 11 is 0. The van der Waals surface area contributed by atoms with Crippen LogP contribution in [0.1, 0.15) is 54.4 Å². The van der Waals surface area contributed by atoms with E-state index in [1.165, 1.54) is 7.11 Å². The molecule has 0 unspecified atom stereocenters. The summed E-state index contributed by atoms with van der Waals surface area (Å²) in [5.41, 5.74) is 0.992. The van der Waals surface area contributed by atoms with E-state index in [0.717, 1.165) is 12.8 Å². The van der Waals surface area contributed by atoms with Gasteiger partial charge < -0.3 is 9.47 Å². The van der Waals surface area contributed by atoms with Gasteiger partial charge in [-0.1, -0.05) is 13.2 Å². The van der Waals surface area contributed by atoms with Crippen molar-refractivity contribution in [3.05, 3.63) is 24.3 Å². The van der Waals surface area contributed by atoms with Gasteiger partial charge in [0, 0.05) is 35.1 Å². The highest BCUT2D eigenvalue weighted by Crippen LogP contribution is 2.38. The van der Waals surface area contributed by atoms with E-state index in [-0.39, 0.29) is 29.1 Å². The van der Waals surface area contributed by atoms with Crippen molar-refractivity contribution in [1.29, 1.82) is 0 Å². The Morgan fingerprint density at radius 2 is 1.33 bits per heavy atom. The zero-order valence-electron chi connectivity index (χ0n) is 16.5. The number of likely N-dealkylation sites (tertiary alicyclic amines) is 1. The van der Waals surface area contributed by atoms with E-state index in [1.807, 2.05) is 0 Å². The second-order valence-corrected chi connectivity index (χ2v) is 7.67. The molecule has 5 nitrogen and oxygen atoms in total. The minimum absolute atomic E-state index is 0.0135. The summed E-state index contributed by atoms with van der Waals surface area (Å²) in [6.07, 6.45) is 1.72. The molecule has 1 rings (SSSR count). The highest BCUT2D eigenvalue weighted by atomic mass is 16.5. The topological polar surface area (TPSA) is 55.8 Å². The second-order valence-electron chi connectivity index (χ2n) is 7.67. The first-order valence-corrected chi connectivity index (χ1v) is 8.09. The third-order valence-corrected chi connectivity index (χ3v) is 4.43. The number of rotatable bonds is 3. The number of nitrogens with zero attached hydrogens (tertiary/aromatic N) is 1. The van der Waals surface area contributed by atoms with Gasteiger partial charge in [0.15, 0.2) is 0 Å². The van der Waals surface area contributed by atoms with Crippen LogP contribution < -0.4 is 0 Å². The molecule has 1 heterocycles. The Labute approximate surface area is 146 Å². The molecule has 5 heteroatoms. The predicted octanol–water partition coefficient (Wildman–Crippen LogP) is 3.49. The lowest BCUT2D eigenvalue weighted by Gasteiger charge is -2.53. The summed E-state index contributed by atoms with van der Waals surface area (Å²) in [7, 11) is 3.47. The molecule has 1 saturated heterocycles. The highest BCUT2D eigenvalue weighted by molar-refractivity contribution is 5.87.